The van der Waals surface area contributed by atoms with Crippen molar-refractivity contribution in [3.05, 3.63) is 39.9 Å². The van der Waals surface area contributed by atoms with E-state index in [0.717, 1.165) is 0 Å². The molecule has 0 aliphatic heterocycles. The number of hydrogen-bond donors (Lipinski definition) is 1. The van der Waals surface area contributed by atoms with E-state index in [-0.39, 0.29) is 12.1 Å². The number of nitro benzene ring substituents is 1. The van der Waals surface area contributed by atoms with Crippen LogP contribution in [-0.2, 0) is 4.79 Å². The summed E-state index contributed by atoms with van der Waals surface area (Å²) in [7, 11) is 0. The molecule has 6 heteroatoms. The molecular weight excluding hydrogens is 261 g/mol. The summed E-state index contributed by atoms with van der Waals surface area (Å²) in [6.45, 7) is 0. The first-order chi connectivity index (χ1) is 7.02. The van der Waals surface area contributed by atoms with Gasteiger partial charge in [-0.15, -0.1) is 0 Å². The van der Waals surface area contributed by atoms with Crippen molar-refractivity contribution >= 4 is 28.5 Å². The predicted octanol–water partition coefficient (Wildman–Crippen LogP) is 1.28. The molecule has 0 saturated heterocycles. The normalized spacial score (nSPS) is 12.1. The number of hydrogen-bond acceptors (Lipinski definition) is 3. The molecule has 78 valence electrons. The van der Waals surface area contributed by atoms with Gasteiger partial charge in [-0.25, -0.2) is 0 Å². The van der Waals surface area contributed by atoms with Crippen molar-refractivity contribution < 1.29 is 14.8 Å². The van der Waals surface area contributed by atoms with Crippen molar-refractivity contribution in [1.82, 2.24) is 0 Å². The van der Waals surface area contributed by atoms with Crippen LogP contribution in [0.2, 0.25) is 0 Å². The molecule has 1 aromatic carbocycles. The van der Waals surface area contributed by atoms with Gasteiger partial charge in [0, 0.05) is 0 Å². The Morgan fingerprint density at radius 1 is 1.53 bits per heavy atom. The molecule has 0 saturated carbocycles. The van der Waals surface area contributed by atoms with Crippen molar-refractivity contribution in [3.8, 4) is 0 Å². The van der Waals surface area contributed by atoms with E-state index in [9.17, 15) is 14.9 Å². The zero-order valence-electron chi connectivity index (χ0n) is 7.66. The number of benzene rings is 1. The number of nitrogens with zero attached hydrogens (tertiary/aromatic N) is 1. The van der Waals surface area contributed by atoms with Gasteiger partial charge in [0.15, 0.2) is 0 Å². The fraction of sp³-hybridized carbons (Fsp3) is 0.222. The van der Waals surface area contributed by atoms with Gasteiger partial charge in [0.2, 0.25) is 0 Å². The fourth-order valence-electron chi connectivity index (χ4n) is 1.21. The third-order valence-corrected chi connectivity index (χ3v) is 2.83. The van der Waals surface area contributed by atoms with E-state index in [1.807, 2.05) is 0 Å². The van der Waals surface area contributed by atoms with E-state index in [1.54, 1.807) is 18.2 Å². The van der Waals surface area contributed by atoms with Gasteiger partial charge < -0.3 is 0 Å². The van der Waals surface area contributed by atoms with E-state index in [1.165, 1.54) is 6.07 Å². The molecule has 0 heterocycles. The van der Waals surface area contributed by atoms with Crippen LogP contribution in [-0.4, -0.2) is 32.9 Å². The zero-order valence-corrected chi connectivity index (χ0v) is 9.54. The van der Waals surface area contributed by atoms with Gasteiger partial charge in [-0.3, -0.25) is 0 Å². The van der Waals surface area contributed by atoms with Gasteiger partial charge in [-0.05, 0) is 0 Å². The van der Waals surface area contributed by atoms with Crippen molar-refractivity contribution in [1.29, 1.82) is 0 Å². The Morgan fingerprint density at radius 3 is 2.67 bits per heavy atom. The summed E-state index contributed by atoms with van der Waals surface area (Å²) < 4.78 is -0.420. The van der Waals surface area contributed by atoms with Crippen LogP contribution in [0.25, 0.3) is 0 Å². The van der Waals surface area contributed by atoms with Gasteiger partial charge in [-0.1, -0.05) is 0 Å². The number of nitro groups is 1. The number of carbonyl (C=O) groups is 1. The molecule has 1 atom stereocenters. The topological polar surface area (TPSA) is 80.4 Å². The summed E-state index contributed by atoms with van der Waals surface area (Å²) in [6.07, 6.45) is -0.134. The standard InChI is InChI=1S/C9H8AsNO4/c10-7(5-9(12)13)6-3-1-2-4-8(6)11(14)15/h1-4,7H,5H2,(H,12,13). The van der Waals surface area contributed by atoms with Crippen LogP contribution in [0, 0.1) is 10.1 Å². The number of para-hydroxylation sites is 1. The number of aliphatic carboxylic acids is 1. The van der Waals surface area contributed by atoms with E-state index in [2.05, 4.69) is 16.9 Å². The minimum absolute atomic E-state index is 0.0376. The van der Waals surface area contributed by atoms with Gasteiger partial charge >= 0.3 is 94.4 Å². The quantitative estimate of drug-likeness (QED) is 0.507. The Bertz CT molecular complexity index is 393. The fourth-order valence-corrected chi connectivity index (χ4v) is 2.00. The number of carboxylic acid groups (broad SMARTS) is 1. The zero-order chi connectivity index (χ0) is 11.4. The third-order valence-electron chi connectivity index (χ3n) is 1.86. The van der Waals surface area contributed by atoms with Gasteiger partial charge in [0.1, 0.15) is 0 Å². The monoisotopic (exact) mass is 269 g/mol. The minimum atomic E-state index is -0.973. The Kier molecular flexibility index (Phi) is 3.86. The van der Waals surface area contributed by atoms with Crippen molar-refractivity contribution in [2.45, 2.75) is 11.1 Å². The molecule has 0 bridgehead atoms. The van der Waals surface area contributed by atoms with Gasteiger partial charge in [0.05, 0.1) is 0 Å². The second kappa shape index (κ2) is 4.94. The predicted molar refractivity (Wildman–Crippen MR) is 53.8 cm³/mol. The van der Waals surface area contributed by atoms with Gasteiger partial charge in [0.25, 0.3) is 0 Å². The molecule has 0 aliphatic carbocycles. The molecule has 0 spiro atoms. The first-order valence-corrected chi connectivity index (χ1v) is 5.24. The summed E-state index contributed by atoms with van der Waals surface area (Å²) in [5.74, 6) is -0.973. The Morgan fingerprint density at radius 2 is 2.13 bits per heavy atom. The van der Waals surface area contributed by atoms with Crippen LogP contribution in [0.1, 0.15) is 16.7 Å². The average molecular weight is 269 g/mol. The van der Waals surface area contributed by atoms with E-state index in [4.69, 9.17) is 5.11 Å². The SMILES string of the molecule is O=C(O)CC([As])c1ccccc1[N+](=O)[O-]. The number of carboxylic acids is 1. The van der Waals surface area contributed by atoms with Crippen LogP contribution >= 0.6 is 0 Å². The second-order valence-electron chi connectivity index (χ2n) is 2.93. The second-order valence-corrected chi connectivity index (χ2v) is 4.24. The third kappa shape index (κ3) is 3.06. The molecule has 1 N–H and O–H groups in total. The number of rotatable bonds is 4. The maximum absolute atomic E-state index is 10.7. The molecular formula is C9H8AsNO4. The van der Waals surface area contributed by atoms with Crippen molar-refractivity contribution in [2.75, 3.05) is 0 Å². The first-order valence-electron chi connectivity index (χ1n) is 4.15. The Balaban J connectivity index is 3.02. The molecule has 0 amide bonds. The van der Waals surface area contributed by atoms with Crippen LogP contribution < -0.4 is 0 Å². The van der Waals surface area contributed by atoms with E-state index < -0.39 is 15.6 Å². The molecule has 5 nitrogen and oxygen atoms in total. The summed E-state index contributed by atoms with van der Waals surface area (Å²) in [6, 6.07) is 6.16. The Hall–Kier alpha value is -1.35. The molecule has 15 heavy (non-hydrogen) atoms. The summed E-state index contributed by atoms with van der Waals surface area (Å²) in [4.78, 5) is 20.6. The summed E-state index contributed by atoms with van der Waals surface area (Å²) in [5, 5.41) is 19.3. The Labute approximate surface area is 94.8 Å². The van der Waals surface area contributed by atoms with Gasteiger partial charge in [-0.2, -0.15) is 0 Å². The summed E-state index contributed by atoms with van der Waals surface area (Å²) in [5.41, 5.74) is 0.397. The summed E-state index contributed by atoms with van der Waals surface area (Å²) >= 11 is 2.15. The van der Waals surface area contributed by atoms with E-state index >= 15 is 0 Å². The van der Waals surface area contributed by atoms with Crippen molar-refractivity contribution in [2.24, 2.45) is 0 Å². The molecule has 0 aliphatic rings. The van der Waals surface area contributed by atoms with Crippen LogP contribution in [0.5, 0.6) is 0 Å². The molecule has 0 aromatic heterocycles. The van der Waals surface area contributed by atoms with Crippen LogP contribution in [0.4, 0.5) is 5.69 Å². The average Bonchev–Trinajstić information content (AvgIpc) is 2.16. The molecule has 1 aromatic rings. The van der Waals surface area contributed by atoms with Crippen LogP contribution in [0.15, 0.2) is 24.3 Å². The first kappa shape index (κ1) is 11.7. The molecule has 0 fully saturated rings. The van der Waals surface area contributed by atoms with E-state index in [0.29, 0.717) is 5.56 Å². The van der Waals surface area contributed by atoms with Crippen LogP contribution in [0.3, 0.4) is 0 Å². The molecule has 1 rings (SSSR count). The van der Waals surface area contributed by atoms with Crippen molar-refractivity contribution in [3.63, 3.8) is 0 Å². The molecule has 2 radical (unpaired) electrons. The maximum atomic E-state index is 10.7. The molecule has 1 unspecified atom stereocenters.